The predicted octanol–water partition coefficient (Wildman–Crippen LogP) is 2.82. The summed E-state index contributed by atoms with van der Waals surface area (Å²) in [5, 5.41) is 1.37. The number of likely N-dealkylation sites (N-methyl/N-ethyl adjacent to an activating group) is 1. The Morgan fingerprint density at radius 1 is 1.25 bits per heavy atom. The maximum absolute atomic E-state index is 2.43. The Labute approximate surface area is 96.5 Å². The number of fused-ring (bicyclic) bond motifs is 1. The van der Waals surface area contributed by atoms with Gasteiger partial charge in [0.2, 0.25) is 0 Å². The van der Waals surface area contributed by atoms with Crippen LogP contribution in [0.5, 0.6) is 0 Å². The first-order chi connectivity index (χ1) is 7.66. The van der Waals surface area contributed by atoms with Gasteiger partial charge in [0, 0.05) is 17.8 Å². The first-order valence-corrected chi connectivity index (χ1v) is 5.90. The average molecular weight is 214 g/mol. The summed E-state index contributed by atoms with van der Waals surface area (Å²) < 4.78 is 2.43. The fraction of sp³-hybridized carbons (Fsp3) is 0.429. The summed E-state index contributed by atoms with van der Waals surface area (Å²) in [4.78, 5) is 2.32. The normalized spacial score (nSPS) is 24.2. The Balaban J connectivity index is 2.00. The van der Waals surface area contributed by atoms with Crippen LogP contribution in [0.2, 0.25) is 0 Å². The molecule has 84 valence electrons. The number of nitrogens with zero attached hydrogens (tertiary/aromatic N) is 2. The van der Waals surface area contributed by atoms with Gasteiger partial charge < -0.3 is 9.47 Å². The second-order valence-corrected chi connectivity index (χ2v) is 5.12. The van der Waals surface area contributed by atoms with Crippen molar-refractivity contribution in [1.82, 2.24) is 9.47 Å². The first-order valence-electron chi connectivity index (χ1n) is 5.90. The maximum Gasteiger partial charge on any atom is 0.0508 e. The molecule has 2 unspecified atom stereocenters. The number of rotatable bonds is 2. The van der Waals surface area contributed by atoms with E-state index in [0.717, 1.165) is 6.04 Å². The van der Waals surface area contributed by atoms with E-state index in [1.807, 2.05) is 0 Å². The third-order valence-electron chi connectivity index (χ3n) is 3.62. The molecule has 2 atom stereocenters. The Bertz CT molecular complexity index is 525. The lowest BCUT2D eigenvalue weighted by Gasteiger charge is -2.10. The molecule has 0 saturated heterocycles. The molecule has 1 saturated carbocycles. The van der Waals surface area contributed by atoms with E-state index < -0.39 is 0 Å². The fourth-order valence-corrected chi connectivity index (χ4v) is 2.60. The number of hydrogen-bond donors (Lipinski definition) is 0. The Morgan fingerprint density at radius 2 is 2.06 bits per heavy atom. The molecule has 1 aromatic heterocycles. The van der Waals surface area contributed by atoms with Crippen LogP contribution in [0.4, 0.5) is 0 Å². The molecule has 2 aromatic rings. The maximum atomic E-state index is 2.43. The van der Waals surface area contributed by atoms with Gasteiger partial charge in [-0.3, -0.25) is 0 Å². The van der Waals surface area contributed by atoms with E-state index in [-0.39, 0.29) is 0 Å². The fourth-order valence-electron chi connectivity index (χ4n) is 2.60. The van der Waals surface area contributed by atoms with Crippen LogP contribution in [0.3, 0.4) is 0 Å². The highest BCUT2D eigenvalue weighted by Crippen LogP contribution is 2.41. The molecule has 2 nitrogen and oxygen atoms in total. The number of benzene rings is 1. The third kappa shape index (κ3) is 1.45. The largest absolute Gasteiger partial charge is 0.343 e. The summed E-state index contributed by atoms with van der Waals surface area (Å²) in [6, 6.07) is 10.3. The van der Waals surface area contributed by atoms with Gasteiger partial charge in [0.25, 0.3) is 0 Å². The van der Waals surface area contributed by atoms with Gasteiger partial charge in [0.1, 0.15) is 0 Å². The smallest absolute Gasteiger partial charge is 0.0508 e. The monoisotopic (exact) mass is 214 g/mol. The summed E-state index contributed by atoms with van der Waals surface area (Å²) in [7, 11) is 4.33. The topological polar surface area (TPSA) is 8.17 Å². The molecule has 1 heterocycles. The average Bonchev–Trinajstić information content (AvgIpc) is 2.93. The lowest BCUT2D eigenvalue weighted by atomic mass is 10.2. The molecular formula is C14H18N2. The minimum absolute atomic E-state index is 0.676. The molecule has 0 N–H and O–H groups in total. The van der Waals surface area contributed by atoms with Crippen molar-refractivity contribution in [1.29, 1.82) is 0 Å². The second-order valence-electron chi connectivity index (χ2n) is 5.12. The van der Waals surface area contributed by atoms with Crippen molar-refractivity contribution in [3.05, 3.63) is 36.0 Å². The van der Waals surface area contributed by atoms with Gasteiger partial charge in [-0.05, 0) is 51.0 Å². The van der Waals surface area contributed by atoms with E-state index in [2.05, 4.69) is 60.9 Å². The Kier molecular flexibility index (Phi) is 2.08. The lowest BCUT2D eigenvalue weighted by molar-refractivity contribution is 0.377. The predicted molar refractivity (Wildman–Crippen MR) is 67.8 cm³/mol. The zero-order chi connectivity index (χ0) is 11.3. The van der Waals surface area contributed by atoms with Crippen molar-refractivity contribution in [2.75, 3.05) is 14.1 Å². The zero-order valence-electron chi connectivity index (χ0n) is 10.1. The van der Waals surface area contributed by atoms with Crippen LogP contribution in [0.1, 0.15) is 18.0 Å². The van der Waals surface area contributed by atoms with Crippen molar-refractivity contribution < 1.29 is 0 Å². The van der Waals surface area contributed by atoms with E-state index in [0.29, 0.717) is 6.04 Å². The highest BCUT2D eigenvalue weighted by atomic mass is 15.2. The van der Waals surface area contributed by atoms with Crippen LogP contribution in [0.25, 0.3) is 10.9 Å². The van der Waals surface area contributed by atoms with Gasteiger partial charge in [-0.15, -0.1) is 0 Å². The van der Waals surface area contributed by atoms with E-state index in [1.54, 1.807) is 0 Å². The van der Waals surface area contributed by atoms with Crippen LogP contribution in [0, 0.1) is 6.92 Å². The third-order valence-corrected chi connectivity index (χ3v) is 3.62. The minimum atomic E-state index is 0.676. The highest BCUT2D eigenvalue weighted by molar-refractivity contribution is 5.81. The van der Waals surface area contributed by atoms with E-state index >= 15 is 0 Å². The number of hydrogen-bond acceptors (Lipinski definition) is 1. The molecule has 3 rings (SSSR count). The molecule has 1 aliphatic rings. The minimum Gasteiger partial charge on any atom is -0.343 e. The summed E-state index contributed by atoms with van der Waals surface area (Å²) in [5.74, 6) is 0. The van der Waals surface area contributed by atoms with Crippen molar-refractivity contribution in [3.8, 4) is 0 Å². The van der Waals surface area contributed by atoms with Crippen molar-refractivity contribution in [3.63, 3.8) is 0 Å². The SMILES string of the molecule is Cc1ccc2c(ccn2C2CC2N(C)C)c1. The van der Waals surface area contributed by atoms with Crippen molar-refractivity contribution in [2.24, 2.45) is 0 Å². The molecule has 16 heavy (non-hydrogen) atoms. The van der Waals surface area contributed by atoms with Crippen LogP contribution < -0.4 is 0 Å². The van der Waals surface area contributed by atoms with Crippen molar-refractivity contribution >= 4 is 10.9 Å². The van der Waals surface area contributed by atoms with Gasteiger partial charge in [0.15, 0.2) is 0 Å². The Morgan fingerprint density at radius 3 is 2.75 bits per heavy atom. The number of aryl methyl sites for hydroxylation is 1. The molecule has 1 aliphatic carbocycles. The van der Waals surface area contributed by atoms with Crippen LogP contribution in [-0.2, 0) is 0 Å². The van der Waals surface area contributed by atoms with Gasteiger partial charge in [-0.2, -0.15) is 0 Å². The molecule has 0 amide bonds. The summed E-state index contributed by atoms with van der Waals surface area (Å²) >= 11 is 0. The quantitative estimate of drug-likeness (QED) is 0.746. The van der Waals surface area contributed by atoms with Crippen LogP contribution in [0.15, 0.2) is 30.5 Å². The first kappa shape index (κ1) is 9.91. The summed E-state index contributed by atoms with van der Waals surface area (Å²) in [5.41, 5.74) is 2.71. The van der Waals surface area contributed by atoms with Gasteiger partial charge in [-0.25, -0.2) is 0 Å². The number of aromatic nitrogens is 1. The molecule has 2 heteroatoms. The zero-order valence-corrected chi connectivity index (χ0v) is 10.1. The van der Waals surface area contributed by atoms with E-state index in [4.69, 9.17) is 0 Å². The Hall–Kier alpha value is -1.28. The lowest BCUT2D eigenvalue weighted by Crippen LogP contribution is -2.17. The summed E-state index contributed by atoms with van der Waals surface area (Å²) in [6.45, 7) is 2.15. The standard InChI is InChI=1S/C14H18N2/c1-10-4-5-12-11(8-10)6-7-16(12)14-9-13(14)15(2)3/h4-8,13-14H,9H2,1-3H3. The molecule has 1 fully saturated rings. The van der Waals surface area contributed by atoms with Crippen molar-refractivity contribution in [2.45, 2.75) is 25.4 Å². The van der Waals surface area contributed by atoms with Crippen LogP contribution >= 0.6 is 0 Å². The molecule has 0 spiro atoms. The molecule has 0 bridgehead atoms. The molecule has 0 aliphatic heterocycles. The van der Waals surface area contributed by atoms with E-state index in [1.165, 1.54) is 22.9 Å². The molecule has 0 radical (unpaired) electrons. The summed E-state index contributed by atoms with van der Waals surface area (Å²) in [6.07, 6.45) is 3.52. The molecular weight excluding hydrogens is 196 g/mol. The van der Waals surface area contributed by atoms with Gasteiger partial charge in [-0.1, -0.05) is 11.6 Å². The van der Waals surface area contributed by atoms with Gasteiger partial charge >= 0.3 is 0 Å². The van der Waals surface area contributed by atoms with Crippen LogP contribution in [-0.4, -0.2) is 29.6 Å². The highest BCUT2D eigenvalue weighted by Gasteiger charge is 2.40. The second kappa shape index (κ2) is 3.36. The molecule has 1 aromatic carbocycles. The van der Waals surface area contributed by atoms with Gasteiger partial charge in [0.05, 0.1) is 6.04 Å². The van der Waals surface area contributed by atoms with E-state index in [9.17, 15) is 0 Å².